The summed E-state index contributed by atoms with van der Waals surface area (Å²) in [4.78, 5) is 128. The Kier molecular flexibility index (Phi) is 19.8. The third-order valence-electron chi connectivity index (χ3n) is 11.4. The minimum Gasteiger partial charge on any atom is -0.370 e. The van der Waals surface area contributed by atoms with E-state index in [-0.39, 0.29) is 95.3 Å². The zero-order valence-corrected chi connectivity index (χ0v) is 36.8. The topological polar surface area (TPSA) is 334 Å². The van der Waals surface area contributed by atoms with Gasteiger partial charge in [-0.1, -0.05) is 55.0 Å². The van der Waals surface area contributed by atoms with E-state index in [1.165, 1.54) is 6.92 Å². The molecule has 19 heteroatoms. The average Bonchev–Trinajstić information content (AvgIpc) is 3.67. The van der Waals surface area contributed by atoms with Crippen molar-refractivity contribution in [3.05, 3.63) is 71.9 Å². The van der Waals surface area contributed by atoms with Crippen molar-refractivity contribution in [3.8, 4) is 0 Å². The number of guanidine groups is 1. The molecule has 0 bridgehead atoms. The molecule has 4 rings (SSSR count). The first-order valence-electron chi connectivity index (χ1n) is 22.0. The molecule has 350 valence electrons. The summed E-state index contributed by atoms with van der Waals surface area (Å²) in [6, 6.07) is 11.2. The van der Waals surface area contributed by atoms with Crippen LogP contribution in [0.3, 0.4) is 0 Å². The second-order valence-electron chi connectivity index (χ2n) is 16.6. The van der Waals surface area contributed by atoms with Crippen LogP contribution in [0.4, 0.5) is 0 Å². The van der Waals surface area contributed by atoms with Gasteiger partial charge in [-0.2, -0.15) is 0 Å². The second-order valence-corrected chi connectivity index (χ2v) is 16.6. The fourth-order valence-electron chi connectivity index (χ4n) is 7.93. The van der Waals surface area contributed by atoms with Gasteiger partial charge in [0.25, 0.3) is 0 Å². The molecule has 6 amide bonds. The van der Waals surface area contributed by atoms with E-state index in [1.54, 1.807) is 36.5 Å². The summed E-state index contributed by atoms with van der Waals surface area (Å²) in [5, 5.41) is 11.4. The Balaban J connectivity index is 1.77. The van der Waals surface area contributed by atoms with Crippen molar-refractivity contribution in [1.82, 2.24) is 26.3 Å². The van der Waals surface area contributed by atoms with Crippen LogP contribution in [0.2, 0.25) is 0 Å². The van der Waals surface area contributed by atoms with Crippen LogP contribution >= 0.6 is 0 Å². The van der Waals surface area contributed by atoms with Crippen LogP contribution in [0.15, 0.2) is 65.8 Å². The number of fused-ring (bicyclic) bond motifs is 1. The van der Waals surface area contributed by atoms with Gasteiger partial charge in [-0.05, 0) is 68.6 Å². The third-order valence-corrected chi connectivity index (χ3v) is 11.4. The molecule has 1 aliphatic rings. The summed E-state index contributed by atoms with van der Waals surface area (Å²) in [6.07, 6.45) is 1.43. The molecule has 0 radical (unpaired) electrons. The van der Waals surface area contributed by atoms with Gasteiger partial charge in [0.2, 0.25) is 35.4 Å². The maximum Gasteiger partial charge on any atom is 0.243 e. The first kappa shape index (κ1) is 50.7. The highest BCUT2D eigenvalue weighted by molar-refractivity contribution is 5.98. The number of Topliss-reactive ketones (excluding diaryl/α,β-unsaturated/α-hetero) is 3. The van der Waals surface area contributed by atoms with E-state index in [0.717, 1.165) is 16.5 Å². The Morgan fingerprint density at radius 3 is 2.11 bits per heavy atom. The van der Waals surface area contributed by atoms with Gasteiger partial charge < -0.3 is 49.2 Å². The number of nitrogens with two attached hydrogens (primary N) is 4. The fourth-order valence-corrected chi connectivity index (χ4v) is 7.93. The van der Waals surface area contributed by atoms with Gasteiger partial charge >= 0.3 is 0 Å². The monoisotopic (exact) mass is 898 g/mol. The maximum atomic E-state index is 14.6. The van der Waals surface area contributed by atoms with Crippen molar-refractivity contribution in [2.24, 2.45) is 39.8 Å². The zero-order chi connectivity index (χ0) is 47.5. The maximum absolute atomic E-state index is 14.6. The minimum atomic E-state index is -1.41. The molecule has 3 aromatic rings. The summed E-state index contributed by atoms with van der Waals surface area (Å²) in [5.41, 5.74) is 24.5. The van der Waals surface area contributed by atoms with E-state index < -0.39 is 83.0 Å². The number of aromatic nitrogens is 1. The van der Waals surface area contributed by atoms with Crippen molar-refractivity contribution in [1.29, 1.82) is 0 Å². The van der Waals surface area contributed by atoms with E-state index in [0.29, 0.717) is 18.4 Å². The lowest BCUT2D eigenvalue weighted by Crippen LogP contribution is -2.56. The van der Waals surface area contributed by atoms with Crippen LogP contribution in [0.5, 0.6) is 0 Å². The van der Waals surface area contributed by atoms with Gasteiger partial charge in [0.1, 0.15) is 29.7 Å². The van der Waals surface area contributed by atoms with Crippen molar-refractivity contribution in [2.75, 3.05) is 6.54 Å². The van der Waals surface area contributed by atoms with Crippen LogP contribution < -0.4 is 44.2 Å². The predicted octanol–water partition coefficient (Wildman–Crippen LogP) is 0.791. The molecule has 0 aliphatic carbocycles. The van der Waals surface area contributed by atoms with Gasteiger partial charge in [-0.25, -0.2) is 0 Å². The fraction of sp³-hybridized carbons (Fsp3) is 0.478. The number of primary amides is 2. The van der Waals surface area contributed by atoms with Gasteiger partial charge in [0.05, 0.1) is 6.04 Å². The van der Waals surface area contributed by atoms with E-state index >= 15 is 0 Å². The third kappa shape index (κ3) is 16.9. The Hall–Kier alpha value is -6.92. The van der Waals surface area contributed by atoms with Crippen LogP contribution in [0, 0.1) is 11.8 Å². The standard InChI is InChI=1S/C46H62N10O9/c1-27(57)53-36-18-17-32(58)13-5-7-16-35(42(48)62)54-43(63)30(23-31-26-52-34-15-8-6-14-33(31)34)25-39(59)29(12-9-21-51-46(49)50)24-40(60)38(22-28-10-3-2-4-11-28)56-45(65)37(55-44(36)64)19-20-41(47)61/h2-4,6,8,10-11,14-15,26,29-30,35-38,52H,5,7,9,12-13,16-25H2,1H3,(H2,47,61)(H2,48,62)(H,53,57)(H,54,63)(H,55,64)(H,56,65)(H4,49,50,51)/t29-,30-,35+,36+,37+,38-/m1/s1. The van der Waals surface area contributed by atoms with Gasteiger partial charge in [0, 0.05) is 74.5 Å². The number of nitrogens with one attached hydrogen (secondary N) is 5. The van der Waals surface area contributed by atoms with E-state index in [2.05, 4.69) is 31.2 Å². The lowest BCUT2D eigenvalue weighted by molar-refractivity contribution is -0.135. The molecular weight excluding hydrogens is 837 g/mol. The molecule has 1 fully saturated rings. The number of amides is 6. The number of aromatic amines is 1. The van der Waals surface area contributed by atoms with Crippen LogP contribution in [0.1, 0.15) is 95.1 Å². The van der Waals surface area contributed by atoms with Crippen molar-refractivity contribution in [3.63, 3.8) is 0 Å². The molecule has 19 nitrogen and oxygen atoms in total. The summed E-state index contributed by atoms with van der Waals surface area (Å²) in [5.74, 6) is -7.79. The normalized spacial score (nSPS) is 22.5. The molecule has 2 aromatic carbocycles. The van der Waals surface area contributed by atoms with Crippen LogP contribution in [-0.2, 0) is 56.0 Å². The summed E-state index contributed by atoms with van der Waals surface area (Å²) in [6.45, 7) is 1.32. The largest absolute Gasteiger partial charge is 0.370 e. The molecule has 1 saturated heterocycles. The van der Waals surface area contributed by atoms with E-state index in [4.69, 9.17) is 22.9 Å². The van der Waals surface area contributed by atoms with Gasteiger partial charge in [0.15, 0.2) is 11.7 Å². The Bertz CT molecular complexity index is 2200. The average molecular weight is 899 g/mol. The second kappa shape index (κ2) is 25.4. The number of rotatable bonds is 13. The molecule has 0 spiro atoms. The Morgan fingerprint density at radius 2 is 1.42 bits per heavy atom. The number of para-hydroxylation sites is 1. The molecule has 2 heterocycles. The molecule has 1 aromatic heterocycles. The predicted molar refractivity (Wildman–Crippen MR) is 242 cm³/mol. The number of carbonyl (C=O) groups is 9. The van der Waals surface area contributed by atoms with E-state index in [1.807, 2.05) is 24.3 Å². The molecule has 1 aliphatic heterocycles. The van der Waals surface area contributed by atoms with E-state index in [9.17, 15) is 43.2 Å². The minimum absolute atomic E-state index is 0.0203. The lowest BCUT2D eigenvalue weighted by Gasteiger charge is -2.26. The lowest BCUT2D eigenvalue weighted by atomic mass is 9.83. The Morgan fingerprint density at radius 1 is 0.723 bits per heavy atom. The van der Waals surface area contributed by atoms with Crippen LogP contribution in [-0.4, -0.2) is 94.4 Å². The summed E-state index contributed by atoms with van der Waals surface area (Å²) < 4.78 is 0. The SMILES string of the molecule is CC(=O)N[C@H]1CCC(=O)CCCC[C@@H](C(N)=O)NC(=O)[C@H](Cc2c[nH]c3ccccc23)CC(=O)[C@H](CCCN=C(N)N)CC(=O)[C@@H](Cc2ccccc2)NC(=O)[C@H](CCC(N)=O)NC1=O. The van der Waals surface area contributed by atoms with Crippen molar-refractivity contribution in [2.45, 2.75) is 121 Å². The number of benzene rings is 2. The highest BCUT2D eigenvalue weighted by Gasteiger charge is 2.34. The molecule has 13 N–H and O–H groups in total. The van der Waals surface area contributed by atoms with Crippen molar-refractivity contribution < 1.29 is 43.2 Å². The summed E-state index contributed by atoms with van der Waals surface area (Å²) in [7, 11) is 0. The molecule has 0 saturated carbocycles. The Labute approximate surface area is 377 Å². The highest BCUT2D eigenvalue weighted by atomic mass is 16.2. The molecule has 6 atom stereocenters. The van der Waals surface area contributed by atoms with Crippen molar-refractivity contribution >= 4 is 69.7 Å². The number of carbonyl (C=O) groups excluding carboxylic acids is 9. The molecule has 65 heavy (non-hydrogen) atoms. The van der Waals surface area contributed by atoms with Gasteiger partial charge in [-0.3, -0.25) is 48.1 Å². The number of H-pyrrole nitrogens is 1. The number of aliphatic imine (C=N–C) groups is 1. The number of nitrogens with zero attached hydrogens (tertiary/aromatic N) is 1. The van der Waals surface area contributed by atoms with Gasteiger partial charge in [-0.15, -0.1) is 0 Å². The molecular formula is C46H62N10O9. The first-order chi connectivity index (χ1) is 31.0. The number of ketones is 3. The molecule has 0 unspecified atom stereocenters. The number of hydrogen-bond donors (Lipinski definition) is 9. The zero-order valence-electron chi connectivity index (χ0n) is 36.8. The highest BCUT2D eigenvalue weighted by Crippen LogP contribution is 2.26. The smallest absolute Gasteiger partial charge is 0.243 e. The summed E-state index contributed by atoms with van der Waals surface area (Å²) >= 11 is 0. The number of hydrogen-bond acceptors (Lipinski definition) is 10. The first-order valence-corrected chi connectivity index (χ1v) is 22.0. The quantitative estimate of drug-likeness (QED) is 0.0656. The van der Waals surface area contributed by atoms with Crippen LogP contribution in [0.25, 0.3) is 10.9 Å².